The van der Waals surface area contributed by atoms with E-state index in [0.717, 1.165) is 6.07 Å². The van der Waals surface area contributed by atoms with Crippen molar-refractivity contribution in [2.24, 2.45) is 0 Å². The third-order valence-corrected chi connectivity index (χ3v) is 4.81. The number of anilines is 1. The SMILES string of the molecule is O=C(Nc1ccc(Cl)c([N+](=O)[O-])c1)C(=O)NC(Cc1cccc(F)c1)c1cccc(F)c1. The molecule has 32 heavy (non-hydrogen) atoms. The lowest BCUT2D eigenvalue weighted by molar-refractivity contribution is -0.384. The predicted octanol–water partition coefficient (Wildman–Crippen LogP) is 4.57. The van der Waals surface area contributed by atoms with Gasteiger partial charge < -0.3 is 10.6 Å². The van der Waals surface area contributed by atoms with Crippen LogP contribution >= 0.6 is 11.6 Å². The first kappa shape index (κ1) is 22.8. The number of benzene rings is 3. The summed E-state index contributed by atoms with van der Waals surface area (Å²) in [6.45, 7) is 0. The lowest BCUT2D eigenvalue weighted by Crippen LogP contribution is -2.38. The van der Waals surface area contributed by atoms with Crippen LogP contribution in [0.5, 0.6) is 0 Å². The molecule has 2 N–H and O–H groups in total. The monoisotopic (exact) mass is 459 g/mol. The molecule has 3 aromatic carbocycles. The molecule has 0 aliphatic carbocycles. The van der Waals surface area contributed by atoms with E-state index in [1.807, 2.05) is 0 Å². The van der Waals surface area contributed by atoms with Gasteiger partial charge in [-0.05, 0) is 53.9 Å². The van der Waals surface area contributed by atoms with Gasteiger partial charge in [0.25, 0.3) is 5.69 Å². The maximum Gasteiger partial charge on any atom is 0.313 e. The summed E-state index contributed by atoms with van der Waals surface area (Å²) >= 11 is 5.74. The first-order valence-electron chi connectivity index (χ1n) is 9.28. The van der Waals surface area contributed by atoms with Crippen molar-refractivity contribution in [1.82, 2.24) is 5.32 Å². The molecular weight excluding hydrogens is 444 g/mol. The number of hydrogen-bond acceptors (Lipinski definition) is 4. The molecule has 7 nitrogen and oxygen atoms in total. The van der Waals surface area contributed by atoms with Gasteiger partial charge in [0.05, 0.1) is 11.0 Å². The van der Waals surface area contributed by atoms with Gasteiger partial charge in [-0.2, -0.15) is 0 Å². The van der Waals surface area contributed by atoms with Gasteiger partial charge >= 0.3 is 11.8 Å². The summed E-state index contributed by atoms with van der Waals surface area (Å²) < 4.78 is 27.3. The lowest BCUT2D eigenvalue weighted by atomic mass is 9.98. The normalized spacial score (nSPS) is 11.5. The molecule has 0 aliphatic rings. The first-order chi connectivity index (χ1) is 15.2. The van der Waals surface area contributed by atoms with Gasteiger partial charge in [-0.15, -0.1) is 0 Å². The zero-order valence-corrected chi connectivity index (χ0v) is 17.1. The highest BCUT2D eigenvalue weighted by Crippen LogP contribution is 2.27. The number of rotatable bonds is 6. The summed E-state index contributed by atoms with van der Waals surface area (Å²) in [5.74, 6) is -3.18. The Bertz CT molecular complexity index is 1190. The fraction of sp³-hybridized carbons (Fsp3) is 0.0909. The summed E-state index contributed by atoms with van der Waals surface area (Å²) in [6, 6.07) is 13.8. The lowest BCUT2D eigenvalue weighted by Gasteiger charge is -2.19. The van der Waals surface area contributed by atoms with E-state index in [0.29, 0.717) is 11.1 Å². The smallest absolute Gasteiger partial charge is 0.313 e. The van der Waals surface area contributed by atoms with Crippen molar-refractivity contribution in [3.05, 3.63) is 105 Å². The van der Waals surface area contributed by atoms with Crippen LogP contribution in [0.3, 0.4) is 0 Å². The molecule has 0 saturated heterocycles. The van der Waals surface area contributed by atoms with Crippen molar-refractivity contribution in [2.45, 2.75) is 12.5 Å². The van der Waals surface area contributed by atoms with Crippen LogP contribution in [-0.4, -0.2) is 16.7 Å². The van der Waals surface area contributed by atoms with E-state index in [4.69, 9.17) is 11.6 Å². The topological polar surface area (TPSA) is 101 Å². The number of hydrogen-bond donors (Lipinski definition) is 2. The third kappa shape index (κ3) is 5.86. The summed E-state index contributed by atoms with van der Waals surface area (Å²) in [4.78, 5) is 35.1. The molecule has 0 aliphatic heterocycles. The van der Waals surface area contributed by atoms with E-state index < -0.39 is 40.1 Å². The van der Waals surface area contributed by atoms with Crippen LogP contribution in [0.4, 0.5) is 20.2 Å². The standard InChI is InChI=1S/C22H16ClF2N3O4/c23-18-8-7-17(12-20(18)28(31)32)26-21(29)22(30)27-19(14-4-2-6-16(25)11-14)10-13-3-1-5-15(24)9-13/h1-9,11-12,19H,10H2,(H,26,29)(H,27,30). The molecule has 0 aromatic heterocycles. The van der Waals surface area contributed by atoms with E-state index in [9.17, 15) is 28.5 Å². The number of carbonyl (C=O) groups excluding carboxylic acids is 2. The highest BCUT2D eigenvalue weighted by atomic mass is 35.5. The number of carbonyl (C=O) groups is 2. The average molecular weight is 460 g/mol. The Morgan fingerprint density at radius 3 is 2.31 bits per heavy atom. The second-order valence-electron chi connectivity index (χ2n) is 6.79. The first-order valence-corrected chi connectivity index (χ1v) is 9.66. The van der Waals surface area contributed by atoms with E-state index in [1.54, 1.807) is 12.1 Å². The van der Waals surface area contributed by atoms with Crippen molar-refractivity contribution in [1.29, 1.82) is 0 Å². The molecule has 0 saturated carbocycles. The molecule has 0 bridgehead atoms. The van der Waals surface area contributed by atoms with Gasteiger partial charge in [-0.25, -0.2) is 8.78 Å². The molecule has 2 amide bonds. The molecule has 0 spiro atoms. The zero-order valence-electron chi connectivity index (χ0n) is 16.3. The number of halogens is 3. The van der Waals surface area contributed by atoms with Gasteiger partial charge in [0.1, 0.15) is 16.7 Å². The second-order valence-corrected chi connectivity index (χ2v) is 7.20. The van der Waals surface area contributed by atoms with Crippen LogP contribution in [0.15, 0.2) is 66.7 Å². The Morgan fingerprint density at radius 1 is 0.969 bits per heavy atom. The van der Waals surface area contributed by atoms with E-state index in [-0.39, 0.29) is 17.1 Å². The van der Waals surface area contributed by atoms with Gasteiger partial charge in [-0.3, -0.25) is 19.7 Å². The number of nitrogens with zero attached hydrogens (tertiary/aromatic N) is 1. The van der Waals surface area contributed by atoms with Crippen LogP contribution in [0.2, 0.25) is 5.02 Å². The fourth-order valence-corrected chi connectivity index (χ4v) is 3.20. The maximum atomic E-state index is 13.7. The molecule has 0 radical (unpaired) electrons. The molecule has 3 aromatic rings. The highest BCUT2D eigenvalue weighted by Gasteiger charge is 2.22. The molecule has 0 heterocycles. The van der Waals surface area contributed by atoms with Crippen molar-refractivity contribution in [2.75, 3.05) is 5.32 Å². The number of nitro benzene ring substituents is 1. The third-order valence-electron chi connectivity index (χ3n) is 4.49. The van der Waals surface area contributed by atoms with Crippen molar-refractivity contribution in [3.8, 4) is 0 Å². The summed E-state index contributed by atoms with van der Waals surface area (Å²) in [6.07, 6.45) is 0.0899. The predicted molar refractivity (Wildman–Crippen MR) is 114 cm³/mol. The Morgan fingerprint density at radius 2 is 1.66 bits per heavy atom. The van der Waals surface area contributed by atoms with Crippen LogP contribution in [-0.2, 0) is 16.0 Å². The highest BCUT2D eigenvalue weighted by molar-refractivity contribution is 6.39. The minimum Gasteiger partial charge on any atom is -0.341 e. The largest absolute Gasteiger partial charge is 0.341 e. The summed E-state index contributed by atoms with van der Waals surface area (Å²) in [7, 11) is 0. The Balaban J connectivity index is 1.79. The Kier molecular flexibility index (Phi) is 7.11. The van der Waals surface area contributed by atoms with Crippen molar-refractivity contribution >= 4 is 34.8 Å². The van der Waals surface area contributed by atoms with Gasteiger partial charge in [0.2, 0.25) is 0 Å². The molecule has 0 fully saturated rings. The molecule has 1 unspecified atom stereocenters. The zero-order chi connectivity index (χ0) is 23.3. The summed E-state index contributed by atoms with van der Waals surface area (Å²) in [5.41, 5.74) is 0.452. The molecule has 164 valence electrons. The average Bonchev–Trinajstić information content (AvgIpc) is 2.74. The quantitative estimate of drug-likeness (QED) is 0.320. The van der Waals surface area contributed by atoms with Crippen molar-refractivity contribution < 1.29 is 23.3 Å². The van der Waals surface area contributed by atoms with Gasteiger partial charge in [0.15, 0.2) is 0 Å². The van der Waals surface area contributed by atoms with Crippen LogP contribution in [0.1, 0.15) is 17.2 Å². The molecule has 10 heteroatoms. The van der Waals surface area contributed by atoms with Crippen LogP contribution in [0.25, 0.3) is 0 Å². The van der Waals surface area contributed by atoms with Gasteiger partial charge in [-0.1, -0.05) is 35.9 Å². The van der Waals surface area contributed by atoms with E-state index in [1.165, 1.54) is 48.5 Å². The van der Waals surface area contributed by atoms with Crippen LogP contribution in [0, 0.1) is 21.7 Å². The van der Waals surface area contributed by atoms with Gasteiger partial charge in [0, 0.05) is 11.8 Å². The van der Waals surface area contributed by atoms with E-state index in [2.05, 4.69) is 10.6 Å². The number of nitro groups is 1. The summed E-state index contributed by atoms with van der Waals surface area (Å²) in [5, 5.41) is 15.6. The minimum atomic E-state index is -1.10. The minimum absolute atomic E-state index is 0.00585. The number of nitrogens with one attached hydrogen (secondary N) is 2. The van der Waals surface area contributed by atoms with E-state index >= 15 is 0 Å². The molecule has 3 rings (SSSR count). The molecular formula is C22H16ClF2N3O4. The molecule has 1 atom stereocenters. The van der Waals surface area contributed by atoms with Crippen molar-refractivity contribution in [3.63, 3.8) is 0 Å². The second kappa shape index (κ2) is 9.97. The Hall–Kier alpha value is -3.85. The maximum absolute atomic E-state index is 13.7. The van der Waals surface area contributed by atoms with Crippen LogP contribution < -0.4 is 10.6 Å². The number of amides is 2. The fourth-order valence-electron chi connectivity index (χ4n) is 3.02. The Labute approximate surface area is 186 Å².